The fourth-order valence-electron chi connectivity index (χ4n) is 1.89. The van der Waals surface area contributed by atoms with E-state index in [9.17, 15) is 4.79 Å². The fraction of sp³-hybridized carbons (Fsp3) is 0.286. The number of nitrogen functional groups attached to an aromatic ring is 1. The van der Waals surface area contributed by atoms with Crippen LogP contribution < -0.4 is 11.4 Å². The normalized spacial score (nSPS) is 10.6. The Kier molecular flexibility index (Phi) is 3.46. The molecule has 0 radical (unpaired) electrons. The van der Waals surface area contributed by atoms with Crippen molar-refractivity contribution >= 4 is 5.69 Å². The molecular weight excluding hydrogens is 226 g/mol. The molecule has 0 aliphatic heterocycles. The molecule has 0 aliphatic carbocycles. The summed E-state index contributed by atoms with van der Waals surface area (Å²) in [6, 6.07) is 7.96. The highest BCUT2D eigenvalue weighted by Crippen LogP contribution is 2.14. The van der Waals surface area contributed by atoms with E-state index in [-0.39, 0.29) is 5.69 Å². The summed E-state index contributed by atoms with van der Waals surface area (Å²) in [5.41, 5.74) is 10.3. The Morgan fingerprint density at radius 3 is 2.67 bits per heavy atom. The van der Waals surface area contributed by atoms with Gasteiger partial charge in [0.25, 0.3) is 0 Å². The van der Waals surface area contributed by atoms with Gasteiger partial charge in [0.1, 0.15) is 0 Å². The zero-order valence-electron chi connectivity index (χ0n) is 10.7. The Morgan fingerprint density at radius 2 is 2.00 bits per heavy atom. The lowest BCUT2D eigenvalue weighted by atomic mass is 10.0. The van der Waals surface area contributed by atoms with Gasteiger partial charge in [-0.05, 0) is 49.9 Å². The Bertz CT molecular complexity index is 617. The molecule has 18 heavy (non-hydrogen) atoms. The summed E-state index contributed by atoms with van der Waals surface area (Å²) in [4.78, 5) is 17.8. The Morgan fingerprint density at radius 1 is 1.22 bits per heavy atom. The van der Waals surface area contributed by atoms with Crippen LogP contribution in [0, 0.1) is 13.8 Å². The topological polar surface area (TPSA) is 71.8 Å². The van der Waals surface area contributed by atoms with Gasteiger partial charge < -0.3 is 10.7 Å². The van der Waals surface area contributed by atoms with E-state index in [1.165, 1.54) is 0 Å². The molecule has 0 unspecified atom stereocenters. The van der Waals surface area contributed by atoms with Crippen molar-refractivity contribution in [1.82, 2.24) is 9.97 Å². The van der Waals surface area contributed by atoms with E-state index in [0.29, 0.717) is 0 Å². The van der Waals surface area contributed by atoms with Crippen molar-refractivity contribution in [2.45, 2.75) is 26.7 Å². The van der Waals surface area contributed by atoms with E-state index in [1.54, 1.807) is 0 Å². The maximum absolute atomic E-state index is 11.2. The summed E-state index contributed by atoms with van der Waals surface area (Å²) >= 11 is 0. The second-order valence-electron chi connectivity index (χ2n) is 4.55. The first-order chi connectivity index (χ1) is 8.54. The van der Waals surface area contributed by atoms with Crippen LogP contribution in [0.3, 0.4) is 0 Å². The van der Waals surface area contributed by atoms with Crippen molar-refractivity contribution in [2.75, 3.05) is 5.73 Å². The van der Waals surface area contributed by atoms with Gasteiger partial charge in [-0.2, -0.15) is 4.98 Å². The predicted octanol–water partition coefficient (Wildman–Crippen LogP) is 1.75. The van der Waals surface area contributed by atoms with Crippen molar-refractivity contribution in [1.29, 1.82) is 0 Å². The highest BCUT2D eigenvalue weighted by Gasteiger charge is 2.01. The maximum atomic E-state index is 11.2. The third kappa shape index (κ3) is 2.97. The molecule has 94 valence electrons. The minimum atomic E-state index is -0.284. The fourth-order valence-corrected chi connectivity index (χ4v) is 1.89. The first kappa shape index (κ1) is 12.4. The Balaban J connectivity index is 2.11. The SMILES string of the molecule is Cc1cc(CCc2ccc(C)c(N)c2)nc(=O)[nH]1. The summed E-state index contributed by atoms with van der Waals surface area (Å²) in [5, 5.41) is 0. The molecule has 0 amide bonds. The summed E-state index contributed by atoms with van der Waals surface area (Å²) in [5.74, 6) is 0. The molecule has 0 aliphatic rings. The number of benzene rings is 1. The van der Waals surface area contributed by atoms with Gasteiger partial charge in [-0.1, -0.05) is 12.1 Å². The van der Waals surface area contributed by atoms with E-state index < -0.39 is 0 Å². The first-order valence-electron chi connectivity index (χ1n) is 5.96. The van der Waals surface area contributed by atoms with Crippen molar-refractivity contribution in [2.24, 2.45) is 0 Å². The van der Waals surface area contributed by atoms with Gasteiger partial charge in [0.2, 0.25) is 0 Å². The van der Waals surface area contributed by atoms with Crippen LogP contribution in [0.15, 0.2) is 29.1 Å². The van der Waals surface area contributed by atoms with Gasteiger partial charge in [0.05, 0.1) is 0 Å². The second-order valence-corrected chi connectivity index (χ2v) is 4.55. The van der Waals surface area contributed by atoms with Gasteiger partial charge in [-0.25, -0.2) is 4.79 Å². The maximum Gasteiger partial charge on any atom is 0.345 e. The molecule has 0 saturated heterocycles. The van der Waals surface area contributed by atoms with Crippen LogP contribution >= 0.6 is 0 Å². The van der Waals surface area contributed by atoms with Crippen molar-refractivity contribution in [3.63, 3.8) is 0 Å². The van der Waals surface area contributed by atoms with E-state index >= 15 is 0 Å². The van der Waals surface area contributed by atoms with Gasteiger partial charge in [0, 0.05) is 17.1 Å². The number of H-pyrrole nitrogens is 1. The molecule has 2 aromatic rings. The smallest absolute Gasteiger partial charge is 0.345 e. The van der Waals surface area contributed by atoms with Crippen LogP contribution in [-0.2, 0) is 12.8 Å². The largest absolute Gasteiger partial charge is 0.399 e. The molecule has 0 fully saturated rings. The lowest BCUT2D eigenvalue weighted by Crippen LogP contribution is -2.14. The molecular formula is C14H17N3O. The van der Waals surface area contributed by atoms with Crippen LogP contribution in [0.25, 0.3) is 0 Å². The zero-order valence-corrected chi connectivity index (χ0v) is 10.7. The lowest BCUT2D eigenvalue weighted by molar-refractivity contribution is 0.870. The molecule has 3 N–H and O–H groups in total. The van der Waals surface area contributed by atoms with Gasteiger partial charge in [-0.3, -0.25) is 0 Å². The van der Waals surface area contributed by atoms with E-state index in [1.807, 2.05) is 32.0 Å². The number of rotatable bonds is 3. The predicted molar refractivity (Wildman–Crippen MR) is 72.6 cm³/mol. The number of aromatic amines is 1. The molecule has 0 bridgehead atoms. The minimum absolute atomic E-state index is 0.284. The van der Waals surface area contributed by atoms with Crippen LogP contribution in [0.1, 0.15) is 22.5 Å². The number of nitrogens with zero attached hydrogens (tertiary/aromatic N) is 1. The molecule has 4 nitrogen and oxygen atoms in total. The number of hydrogen-bond acceptors (Lipinski definition) is 3. The lowest BCUT2D eigenvalue weighted by Gasteiger charge is -2.05. The van der Waals surface area contributed by atoms with Gasteiger partial charge >= 0.3 is 5.69 Å². The van der Waals surface area contributed by atoms with Crippen molar-refractivity contribution in [3.8, 4) is 0 Å². The van der Waals surface area contributed by atoms with E-state index in [4.69, 9.17) is 5.73 Å². The molecule has 1 heterocycles. The standard InChI is InChI=1S/C14H17N3O/c1-9-3-4-11(8-13(9)15)5-6-12-7-10(2)16-14(18)17-12/h3-4,7-8H,5-6,15H2,1-2H3,(H,16,17,18). The Hall–Kier alpha value is -2.10. The third-order valence-corrected chi connectivity index (χ3v) is 2.95. The molecule has 0 spiro atoms. The molecule has 0 saturated carbocycles. The number of hydrogen-bond donors (Lipinski definition) is 2. The second kappa shape index (κ2) is 5.04. The zero-order chi connectivity index (χ0) is 13.1. The minimum Gasteiger partial charge on any atom is -0.399 e. The Labute approximate surface area is 106 Å². The van der Waals surface area contributed by atoms with E-state index in [0.717, 1.165) is 41.0 Å². The molecule has 4 heteroatoms. The van der Waals surface area contributed by atoms with Crippen LogP contribution in [0.2, 0.25) is 0 Å². The van der Waals surface area contributed by atoms with Crippen LogP contribution in [0.4, 0.5) is 5.69 Å². The molecule has 0 atom stereocenters. The molecule has 2 rings (SSSR count). The average molecular weight is 243 g/mol. The number of anilines is 1. The molecule has 1 aromatic heterocycles. The average Bonchev–Trinajstić information content (AvgIpc) is 2.29. The van der Waals surface area contributed by atoms with Crippen molar-refractivity contribution in [3.05, 3.63) is 57.3 Å². The summed E-state index contributed by atoms with van der Waals surface area (Å²) in [6.07, 6.45) is 1.58. The van der Waals surface area contributed by atoms with Gasteiger partial charge in [0.15, 0.2) is 0 Å². The number of nitrogens with one attached hydrogen (secondary N) is 1. The van der Waals surface area contributed by atoms with Crippen molar-refractivity contribution < 1.29 is 0 Å². The van der Waals surface area contributed by atoms with Crippen LogP contribution in [-0.4, -0.2) is 9.97 Å². The molecule has 1 aromatic carbocycles. The number of nitrogens with two attached hydrogens (primary N) is 1. The van der Waals surface area contributed by atoms with Crippen LogP contribution in [0.5, 0.6) is 0 Å². The highest BCUT2D eigenvalue weighted by atomic mass is 16.1. The number of aryl methyl sites for hydroxylation is 4. The quantitative estimate of drug-likeness (QED) is 0.807. The van der Waals surface area contributed by atoms with Gasteiger partial charge in [-0.15, -0.1) is 0 Å². The number of aromatic nitrogens is 2. The highest BCUT2D eigenvalue weighted by molar-refractivity contribution is 5.48. The summed E-state index contributed by atoms with van der Waals surface area (Å²) in [6.45, 7) is 3.84. The monoisotopic (exact) mass is 243 g/mol. The summed E-state index contributed by atoms with van der Waals surface area (Å²) < 4.78 is 0. The third-order valence-electron chi connectivity index (χ3n) is 2.95. The summed E-state index contributed by atoms with van der Waals surface area (Å²) in [7, 11) is 0. The first-order valence-corrected chi connectivity index (χ1v) is 5.96. The van der Waals surface area contributed by atoms with E-state index in [2.05, 4.69) is 16.0 Å².